The summed E-state index contributed by atoms with van der Waals surface area (Å²) in [5.41, 5.74) is 6.29. The van der Waals surface area contributed by atoms with E-state index in [-0.39, 0.29) is 36.6 Å². The van der Waals surface area contributed by atoms with Crippen molar-refractivity contribution >= 4 is 61.5 Å². The molecule has 4 heterocycles. The van der Waals surface area contributed by atoms with Crippen molar-refractivity contribution < 1.29 is 37.7 Å². The molecule has 0 unspecified atom stereocenters. The molecular weight excluding hydrogens is 982 g/mol. The number of rotatable bonds is 5. The predicted molar refractivity (Wildman–Crippen MR) is 230 cm³/mol. The number of alkyl halides is 3. The molecule has 0 saturated heterocycles. The Morgan fingerprint density at radius 3 is 2.17 bits per heavy atom. The molecule has 0 fully saturated rings. The average Bonchev–Trinajstić information content (AvgIpc) is 3.83. The molecule has 10 aromatic rings. The molecule has 0 aliphatic heterocycles. The summed E-state index contributed by atoms with van der Waals surface area (Å²) < 4.78 is 53.0. The van der Waals surface area contributed by atoms with Crippen molar-refractivity contribution in [3.8, 4) is 39.5 Å². The monoisotopic (exact) mass is 1020 g/mol. The second-order valence-corrected chi connectivity index (χ2v) is 25.7. The van der Waals surface area contributed by atoms with Gasteiger partial charge in [-0.05, 0) is 34.7 Å². The SMILES string of the molecule is FC(F)(F)c1c[c-]c(-c2nc3ccccc3n2-c2ccccc2-c2ccccc2)c2oc3c4ccccc4cnc3c12.[CH3][Ge]([CH3])([CH3])[c]1ccc(-c2[c-]cccc2)nc1.[Ir]. The molecular formula is C49H35F3GeIrN4O-2. The molecule has 0 N–H and O–H groups in total. The van der Waals surface area contributed by atoms with Gasteiger partial charge in [0.1, 0.15) is 5.58 Å². The zero-order valence-electron chi connectivity index (χ0n) is 32.2. The summed E-state index contributed by atoms with van der Waals surface area (Å²) in [5, 5.41) is 1.35. The smallest absolute Gasteiger partial charge is 0 e. The maximum atomic E-state index is 14.4. The van der Waals surface area contributed by atoms with Gasteiger partial charge in [-0.3, -0.25) is 9.97 Å². The first-order valence-electron chi connectivity index (χ1n) is 18.8. The van der Waals surface area contributed by atoms with E-state index in [4.69, 9.17) is 9.40 Å². The van der Waals surface area contributed by atoms with E-state index in [1.54, 1.807) is 6.20 Å². The number of hydrogen-bond donors (Lipinski definition) is 0. The molecule has 5 nitrogen and oxygen atoms in total. The molecule has 293 valence electrons. The predicted octanol–water partition coefficient (Wildman–Crippen LogP) is 12.7. The Bertz CT molecular complexity index is 3090. The largest absolute Gasteiger partial charge is 0 e. The van der Waals surface area contributed by atoms with Crippen LogP contribution in [0.2, 0.25) is 17.3 Å². The van der Waals surface area contributed by atoms with Gasteiger partial charge in [-0.2, -0.15) is 13.2 Å². The van der Waals surface area contributed by atoms with Crippen molar-refractivity contribution in [2.45, 2.75) is 23.4 Å². The molecule has 1 radical (unpaired) electrons. The van der Waals surface area contributed by atoms with E-state index >= 15 is 0 Å². The van der Waals surface area contributed by atoms with Gasteiger partial charge in [0.25, 0.3) is 0 Å². The zero-order chi connectivity index (χ0) is 40.0. The van der Waals surface area contributed by atoms with Gasteiger partial charge in [-0.25, -0.2) is 0 Å². The molecule has 6 aromatic carbocycles. The third-order valence-electron chi connectivity index (χ3n) is 10.2. The van der Waals surface area contributed by atoms with Gasteiger partial charge in [0, 0.05) is 48.3 Å². The number of benzene rings is 6. The average molecular weight is 1020 g/mol. The minimum absolute atomic E-state index is 0. The van der Waals surface area contributed by atoms with Crippen molar-refractivity contribution in [1.82, 2.24) is 19.5 Å². The Hall–Kier alpha value is -5.87. The van der Waals surface area contributed by atoms with Crippen molar-refractivity contribution in [3.63, 3.8) is 0 Å². The third kappa shape index (κ3) is 7.62. The van der Waals surface area contributed by atoms with E-state index in [9.17, 15) is 13.2 Å². The number of furan rings is 1. The summed E-state index contributed by atoms with van der Waals surface area (Å²) >= 11 is -1.72. The first kappa shape index (κ1) is 39.9. The Balaban J connectivity index is 0.000000240. The number of halogens is 3. The number of aromatic nitrogens is 4. The van der Waals surface area contributed by atoms with Gasteiger partial charge in [0.05, 0.1) is 28.0 Å². The van der Waals surface area contributed by atoms with E-state index in [1.807, 2.05) is 138 Å². The summed E-state index contributed by atoms with van der Waals surface area (Å²) in [4.78, 5) is 13.9. The quantitative estimate of drug-likeness (QED) is 0.127. The molecule has 0 spiro atoms. The Morgan fingerprint density at radius 2 is 1.42 bits per heavy atom. The first-order chi connectivity index (χ1) is 28.1. The summed E-state index contributed by atoms with van der Waals surface area (Å²) in [6.45, 7) is 0. The van der Waals surface area contributed by atoms with Crippen LogP contribution in [0.5, 0.6) is 0 Å². The maximum absolute atomic E-state index is 14.4. The number of nitrogens with zero attached hydrogens (tertiary/aromatic N) is 4. The van der Waals surface area contributed by atoms with Crippen molar-refractivity contribution in [2.24, 2.45) is 0 Å². The Kier molecular flexibility index (Phi) is 10.9. The summed E-state index contributed by atoms with van der Waals surface area (Å²) in [5.74, 6) is 7.56. The minimum Gasteiger partial charge on any atom is 0 e. The molecule has 0 atom stereocenters. The number of pyridine rings is 2. The summed E-state index contributed by atoms with van der Waals surface area (Å²) in [6, 6.07) is 52.2. The van der Waals surface area contributed by atoms with E-state index in [1.165, 1.54) is 4.40 Å². The topological polar surface area (TPSA) is 56.7 Å². The zero-order valence-corrected chi connectivity index (χ0v) is 36.7. The van der Waals surface area contributed by atoms with Gasteiger partial charge in [-0.1, -0.05) is 90.5 Å². The Morgan fingerprint density at radius 1 is 0.695 bits per heavy atom. The first-order valence-corrected chi connectivity index (χ1v) is 26.2. The number of imidazole rings is 1. The number of fused-ring (bicyclic) bond motifs is 6. The molecule has 0 saturated carbocycles. The molecule has 10 heteroatoms. The summed E-state index contributed by atoms with van der Waals surface area (Å²) in [7, 11) is 0. The van der Waals surface area contributed by atoms with E-state index < -0.39 is 25.0 Å². The Labute approximate surface area is 355 Å². The number of para-hydroxylation sites is 3. The van der Waals surface area contributed by atoms with Gasteiger partial charge in [0.2, 0.25) is 0 Å². The number of hydrogen-bond acceptors (Lipinski definition) is 4. The van der Waals surface area contributed by atoms with Gasteiger partial charge in [0.15, 0.2) is 0 Å². The van der Waals surface area contributed by atoms with Crippen LogP contribution in [0.15, 0.2) is 162 Å². The van der Waals surface area contributed by atoms with Gasteiger partial charge >= 0.3 is 106 Å². The van der Waals surface area contributed by atoms with Gasteiger partial charge < -0.3 is 8.98 Å². The fourth-order valence-electron chi connectivity index (χ4n) is 7.29. The van der Waals surface area contributed by atoms with E-state index in [0.717, 1.165) is 45.0 Å². The summed E-state index contributed by atoms with van der Waals surface area (Å²) in [6.07, 6.45) is -1.03. The van der Waals surface area contributed by atoms with Crippen molar-refractivity contribution in [1.29, 1.82) is 0 Å². The molecule has 10 rings (SSSR count). The maximum Gasteiger partial charge on any atom is 0 e. The molecule has 0 aliphatic carbocycles. The fraction of sp³-hybridized carbons (Fsp3) is 0.0816. The van der Waals surface area contributed by atoms with E-state index in [0.29, 0.717) is 27.9 Å². The van der Waals surface area contributed by atoms with Crippen LogP contribution in [-0.2, 0) is 26.3 Å². The van der Waals surface area contributed by atoms with E-state index in [2.05, 4.69) is 51.5 Å². The molecule has 0 aliphatic rings. The molecule has 59 heavy (non-hydrogen) atoms. The van der Waals surface area contributed by atoms with Gasteiger partial charge in [-0.15, -0.1) is 12.1 Å². The van der Waals surface area contributed by atoms with Crippen molar-refractivity contribution in [2.75, 3.05) is 0 Å². The van der Waals surface area contributed by atoms with Crippen LogP contribution in [0.1, 0.15) is 5.56 Å². The van der Waals surface area contributed by atoms with Crippen LogP contribution >= 0.6 is 0 Å². The third-order valence-corrected chi connectivity index (χ3v) is 14.5. The molecule has 0 amide bonds. The minimum atomic E-state index is -4.64. The standard InChI is InChI=1S/C35H19F3N3O.C14H16GeN.Ir/c36-35(37,38)26-19-18-25(32-30(26)31-33(42-32)24-14-5-4-12-22(24)20-39-31)34-40-27-15-7-9-17-29(27)41(34)28-16-8-6-13-23(28)21-10-2-1-3-11-21;1-15(2,3)13-9-10-14(16-11-13)12-7-5-4-6-8-12;/h1-17,19-20H;4-7,9-11H,1-3H3;/q2*-1;. The second kappa shape index (κ2) is 16.1. The van der Waals surface area contributed by atoms with Crippen LogP contribution in [0.25, 0.3) is 83.3 Å². The normalized spacial score (nSPS) is 11.8. The van der Waals surface area contributed by atoms with Crippen LogP contribution < -0.4 is 4.40 Å². The van der Waals surface area contributed by atoms with Crippen molar-refractivity contribution in [3.05, 3.63) is 176 Å². The fourth-order valence-corrected chi connectivity index (χ4v) is 9.47. The molecule has 4 aromatic heterocycles. The molecule has 0 bridgehead atoms. The van der Waals surface area contributed by atoms with Crippen LogP contribution in [0, 0.1) is 12.1 Å². The van der Waals surface area contributed by atoms with Crippen LogP contribution in [0.3, 0.4) is 0 Å². The van der Waals surface area contributed by atoms with Crippen LogP contribution in [-0.4, -0.2) is 32.8 Å². The second-order valence-electron chi connectivity index (χ2n) is 15.0. The van der Waals surface area contributed by atoms with Crippen LogP contribution in [0.4, 0.5) is 13.2 Å².